The number of hydrogen-bond donors (Lipinski definition) is 2. The van der Waals surface area contributed by atoms with E-state index in [1.807, 2.05) is 0 Å². The molecule has 0 aromatic heterocycles. The second-order valence-corrected chi connectivity index (χ2v) is 18.4. The van der Waals surface area contributed by atoms with Crippen LogP contribution in [0.1, 0.15) is 213 Å². The summed E-state index contributed by atoms with van der Waals surface area (Å²) in [5, 5.41) is 9.76. The zero-order valence-corrected chi connectivity index (χ0v) is 42.5. The fourth-order valence-electron chi connectivity index (χ4n) is 6.74. The highest BCUT2D eigenvalue weighted by atomic mass is 31.2. The van der Waals surface area contributed by atoms with E-state index in [4.69, 9.17) is 23.3 Å². The van der Waals surface area contributed by atoms with E-state index in [1.54, 1.807) is 0 Å². The minimum absolute atomic E-state index is 0.139. The molecule has 0 aromatic rings. The first-order chi connectivity index (χ1) is 32.2. The summed E-state index contributed by atoms with van der Waals surface area (Å²) < 4.78 is 39.3. The number of allylic oxidation sites excluding steroid dienone is 12. The maximum atomic E-state index is 12.8. The number of aliphatic hydroxyl groups excluding tert-OH is 1. The molecule has 0 heterocycles. The van der Waals surface area contributed by atoms with Gasteiger partial charge in [-0.05, 0) is 83.5 Å². The maximum Gasteiger partial charge on any atom is 0.472 e. The zero-order valence-electron chi connectivity index (χ0n) is 41.6. The molecule has 0 bridgehead atoms. The fourth-order valence-corrected chi connectivity index (χ4v) is 7.52. The van der Waals surface area contributed by atoms with E-state index in [9.17, 15) is 28.9 Å². The van der Waals surface area contributed by atoms with E-state index in [2.05, 4.69) is 93.7 Å². The summed E-state index contributed by atoms with van der Waals surface area (Å²) in [4.78, 5) is 48.3. The summed E-state index contributed by atoms with van der Waals surface area (Å²) in [6, 6.07) is 0. The minimum atomic E-state index is -4.75. The highest BCUT2D eigenvalue weighted by molar-refractivity contribution is 7.47. The molecule has 3 unspecified atom stereocenters. The molecular formula is C54H93O11P. The lowest BCUT2D eigenvalue weighted by Crippen LogP contribution is -2.30. The Hall–Kier alpha value is -3.08. The van der Waals surface area contributed by atoms with Crippen molar-refractivity contribution in [3.8, 4) is 0 Å². The molecule has 0 aliphatic carbocycles. The van der Waals surface area contributed by atoms with Crippen LogP contribution in [0.5, 0.6) is 0 Å². The van der Waals surface area contributed by atoms with Gasteiger partial charge in [0, 0.05) is 19.3 Å². The maximum absolute atomic E-state index is 12.8. The third kappa shape index (κ3) is 46.0. The van der Waals surface area contributed by atoms with Gasteiger partial charge >= 0.3 is 25.7 Å². The van der Waals surface area contributed by atoms with Crippen molar-refractivity contribution in [3.05, 3.63) is 72.9 Å². The summed E-state index contributed by atoms with van der Waals surface area (Å²) in [6.07, 6.45) is 51.6. The van der Waals surface area contributed by atoms with Gasteiger partial charge in [0.2, 0.25) is 0 Å². The molecule has 380 valence electrons. The molecular weight excluding hydrogens is 856 g/mol. The number of esters is 3. The predicted molar refractivity (Wildman–Crippen MR) is 270 cm³/mol. The average Bonchev–Trinajstić information content (AvgIpc) is 3.30. The molecule has 0 aromatic carbocycles. The summed E-state index contributed by atoms with van der Waals surface area (Å²) in [7, 11) is -4.75. The van der Waals surface area contributed by atoms with Gasteiger partial charge in [0.05, 0.1) is 19.8 Å². The monoisotopic (exact) mass is 949 g/mol. The number of carbonyl (C=O) groups excluding carboxylic acids is 3. The highest BCUT2D eigenvalue weighted by Gasteiger charge is 2.28. The third-order valence-corrected chi connectivity index (χ3v) is 11.6. The molecule has 3 atom stereocenters. The van der Waals surface area contributed by atoms with Gasteiger partial charge in [-0.15, -0.1) is 0 Å². The summed E-state index contributed by atoms with van der Waals surface area (Å²) in [5.74, 6) is -1.52. The molecule has 0 saturated heterocycles. The van der Waals surface area contributed by atoms with Gasteiger partial charge < -0.3 is 24.2 Å². The van der Waals surface area contributed by atoms with Gasteiger partial charge in [-0.3, -0.25) is 23.4 Å². The Balaban J connectivity index is 4.78. The van der Waals surface area contributed by atoms with Crippen molar-refractivity contribution >= 4 is 25.7 Å². The fraction of sp³-hybridized carbons (Fsp3) is 0.722. The number of aliphatic hydroxyl groups is 1. The van der Waals surface area contributed by atoms with Crippen molar-refractivity contribution in [2.75, 3.05) is 26.4 Å². The molecule has 0 aliphatic heterocycles. The number of carbonyl (C=O) groups is 3. The Morgan fingerprint density at radius 3 is 1.23 bits per heavy atom. The predicted octanol–water partition coefficient (Wildman–Crippen LogP) is 14.6. The topological polar surface area (TPSA) is 155 Å². The zero-order chi connectivity index (χ0) is 48.4. The van der Waals surface area contributed by atoms with Gasteiger partial charge in [0.25, 0.3) is 0 Å². The largest absolute Gasteiger partial charge is 0.472 e. The van der Waals surface area contributed by atoms with Crippen LogP contribution >= 0.6 is 7.82 Å². The Kier molecular flexibility index (Phi) is 46.1. The van der Waals surface area contributed by atoms with Gasteiger partial charge in [-0.2, -0.15) is 0 Å². The molecule has 0 spiro atoms. The highest BCUT2D eigenvalue weighted by Crippen LogP contribution is 2.43. The van der Waals surface area contributed by atoms with E-state index in [1.165, 1.54) is 44.9 Å². The van der Waals surface area contributed by atoms with Crippen LogP contribution in [0.3, 0.4) is 0 Å². The lowest BCUT2D eigenvalue weighted by atomic mass is 10.1. The van der Waals surface area contributed by atoms with Crippen molar-refractivity contribution in [3.63, 3.8) is 0 Å². The van der Waals surface area contributed by atoms with Crippen molar-refractivity contribution in [2.24, 2.45) is 0 Å². The molecule has 66 heavy (non-hydrogen) atoms. The van der Waals surface area contributed by atoms with Crippen LogP contribution in [0, 0.1) is 0 Å². The SMILES string of the molecule is CC/C=C\C/C=C\C/C=C\CCCCCCCC(=O)OC(COC(=O)CCCCCCCCCCCCC)COP(=O)(O)OCC(CO)OC(=O)CCCCC/C=C\C/C=C\C/C=C\CC. The Morgan fingerprint density at radius 1 is 0.439 bits per heavy atom. The summed E-state index contributed by atoms with van der Waals surface area (Å²) in [6.45, 7) is 4.34. The van der Waals surface area contributed by atoms with E-state index >= 15 is 0 Å². The Bertz CT molecular complexity index is 1390. The molecule has 12 heteroatoms. The van der Waals surface area contributed by atoms with Crippen LogP contribution in [-0.4, -0.2) is 66.5 Å². The molecule has 0 radical (unpaired) electrons. The lowest BCUT2D eigenvalue weighted by molar-refractivity contribution is -0.161. The van der Waals surface area contributed by atoms with E-state index in [0.717, 1.165) is 109 Å². The second-order valence-electron chi connectivity index (χ2n) is 16.9. The first-order valence-electron chi connectivity index (χ1n) is 25.8. The van der Waals surface area contributed by atoms with Crippen LogP contribution < -0.4 is 0 Å². The van der Waals surface area contributed by atoms with Crippen molar-refractivity contribution in [1.82, 2.24) is 0 Å². The number of phosphoric ester groups is 1. The first-order valence-corrected chi connectivity index (χ1v) is 27.3. The summed E-state index contributed by atoms with van der Waals surface area (Å²) >= 11 is 0. The van der Waals surface area contributed by atoms with Gasteiger partial charge in [-0.1, -0.05) is 184 Å². The molecule has 0 aliphatic rings. The number of ether oxygens (including phenoxy) is 3. The van der Waals surface area contributed by atoms with E-state index in [0.29, 0.717) is 19.3 Å². The number of phosphoric acid groups is 1. The van der Waals surface area contributed by atoms with Gasteiger partial charge in [0.1, 0.15) is 12.7 Å². The van der Waals surface area contributed by atoms with Crippen LogP contribution in [0.4, 0.5) is 0 Å². The molecule has 11 nitrogen and oxygen atoms in total. The minimum Gasteiger partial charge on any atom is -0.462 e. The molecule has 0 rings (SSSR count). The van der Waals surface area contributed by atoms with Crippen LogP contribution in [0.25, 0.3) is 0 Å². The smallest absolute Gasteiger partial charge is 0.462 e. The standard InChI is InChI=1S/C54H93O11P/c1-4-7-10-13-16-19-22-24-25-27-30-33-36-39-42-45-54(58)65-51(47-61-52(56)43-40-37-34-31-28-21-18-15-12-9-6-3)49-63-66(59,60)62-48-50(46-55)64-53(57)44-41-38-35-32-29-26-23-20-17-14-11-8-5-2/h7-8,10-11,16-17,19-20,24-26,29,50-51,55H,4-6,9,12-15,18,21-23,27-28,30-49H2,1-3H3,(H,59,60)/b10-7-,11-8-,19-16-,20-17-,25-24-,29-26-. The van der Waals surface area contributed by atoms with Gasteiger partial charge in [0.15, 0.2) is 6.10 Å². The number of unbranched alkanes of at least 4 members (excludes halogenated alkanes) is 18. The summed E-state index contributed by atoms with van der Waals surface area (Å²) in [5.41, 5.74) is 0. The van der Waals surface area contributed by atoms with Crippen molar-refractivity contribution in [2.45, 2.75) is 226 Å². The average molecular weight is 949 g/mol. The molecule has 0 fully saturated rings. The number of rotatable bonds is 47. The van der Waals surface area contributed by atoms with Crippen molar-refractivity contribution < 1.29 is 52.2 Å². The Labute approximate surface area is 401 Å². The second kappa shape index (κ2) is 48.4. The quantitative estimate of drug-likeness (QED) is 0.0197. The van der Waals surface area contributed by atoms with E-state index in [-0.39, 0.29) is 25.9 Å². The Morgan fingerprint density at radius 2 is 0.788 bits per heavy atom. The van der Waals surface area contributed by atoms with E-state index < -0.39 is 57.8 Å². The molecule has 0 saturated carbocycles. The van der Waals surface area contributed by atoms with Crippen LogP contribution in [0.2, 0.25) is 0 Å². The van der Waals surface area contributed by atoms with Crippen LogP contribution in [0.15, 0.2) is 72.9 Å². The third-order valence-electron chi connectivity index (χ3n) is 10.6. The lowest BCUT2D eigenvalue weighted by Gasteiger charge is -2.21. The van der Waals surface area contributed by atoms with Crippen LogP contribution in [-0.2, 0) is 42.2 Å². The molecule has 2 N–H and O–H groups in total. The van der Waals surface area contributed by atoms with Crippen molar-refractivity contribution in [1.29, 1.82) is 0 Å². The first kappa shape index (κ1) is 62.9. The number of hydrogen-bond acceptors (Lipinski definition) is 10. The molecule has 0 amide bonds. The van der Waals surface area contributed by atoms with Gasteiger partial charge in [-0.25, -0.2) is 4.57 Å². The normalized spacial score (nSPS) is 14.1.